The molecule has 1 atom stereocenters. The Labute approximate surface area is 105 Å². The Morgan fingerprint density at radius 1 is 1.24 bits per heavy atom. The summed E-state index contributed by atoms with van der Waals surface area (Å²) in [7, 11) is 0. The molecule has 0 saturated carbocycles. The molecule has 0 aromatic carbocycles. The summed E-state index contributed by atoms with van der Waals surface area (Å²) in [5.41, 5.74) is 9.75. The van der Waals surface area contributed by atoms with Crippen LogP contribution in [0.2, 0.25) is 0 Å². The molecule has 0 aliphatic carbocycles. The SMILES string of the molecule is CCc1nn(CC(C)CC)c(CC)c1CCN. The Hall–Kier alpha value is -0.830. The Bertz CT molecular complexity index is 341. The Morgan fingerprint density at radius 3 is 2.41 bits per heavy atom. The van der Waals surface area contributed by atoms with Crippen molar-refractivity contribution in [2.45, 2.75) is 59.9 Å². The van der Waals surface area contributed by atoms with Crippen molar-refractivity contribution in [2.24, 2.45) is 11.7 Å². The van der Waals surface area contributed by atoms with E-state index in [4.69, 9.17) is 10.8 Å². The molecule has 17 heavy (non-hydrogen) atoms. The summed E-state index contributed by atoms with van der Waals surface area (Å²) in [5, 5.41) is 4.77. The topological polar surface area (TPSA) is 43.8 Å². The molecule has 3 nitrogen and oxygen atoms in total. The van der Waals surface area contributed by atoms with Gasteiger partial charge in [-0.25, -0.2) is 0 Å². The van der Waals surface area contributed by atoms with Crippen LogP contribution in [0.15, 0.2) is 0 Å². The van der Waals surface area contributed by atoms with Crippen molar-refractivity contribution in [3.63, 3.8) is 0 Å². The molecule has 3 heteroatoms. The number of hydrogen-bond acceptors (Lipinski definition) is 2. The number of aryl methyl sites for hydroxylation is 1. The molecule has 0 spiro atoms. The molecule has 0 saturated heterocycles. The molecule has 1 aromatic heterocycles. The van der Waals surface area contributed by atoms with Gasteiger partial charge in [-0.05, 0) is 37.3 Å². The van der Waals surface area contributed by atoms with Crippen LogP contribution in [0.5, 0.6) is 0 Å². The van der Waals surface area contributed by atoms with E-state index in [2.05, 4.69) is 32.4 Å². The van der Waals surface area contributed by atoms with E-state index in [0.717, 1.165) is 32.4 Å². The molecule has 1 aromatic rings. The number of rotatable bonds is 7. The normalized spacial score (nSPS) is 13.0. The Balaban J connectivity index is 3.03. The number of nitrogens with zero attached hydrogens (tertiary/aromatic N) is 2. The lowest BCUT2D eigenvalue weighted by atomic mass is 10.1. The smallest absolute Gasteiger partial charge is 0.0657 e. The van der Waals surface area contributed by atoms with E-state index in [-0.39, 0.29) is 0 Å². The first-order valence-corrected chi connectivity index (χ1v) is 6.95. The molecule has 0 amide bonds. The van der Waals surface area contributed by atoms with Crippen molar-refractivity contribution in [1.82, 2.24) is 9.78 Å². The van der Waals surface area contributed by atoms with E-state index in [9.17, 15) is 0 Å². The predicted octanol–water partition coefficient (Wildman–Crippen LogP) is 2.56. The molecule has 98 valence electrons. The average molecular weight is 237 g/mol. The molecule has 0 bridgehead atoms. The molecule has 1 heterocycles. The van der Waals surface area contributed by atoms with Gasteiger partial charge in [-0.1, -0.05) is 34.1 Å². The van der Waals surface area contributed by atoms with Crippen molar-refractivity contribution in [1.29, 1.82) is 0 Å². The fraction of sp³-hybridized carbons (Fsp3) is 0.786. The van der Waals surface area contributed by atoms with Gasteiger partial charge < -0.3 is 5.73 Å². The van der Waals surface area contributed by atoms with Crippen LogP contribution in [-0.4, -0.2) is 16.3 Å². The molecule has 1 rings (SSSR count). The largest absolute Gasteiger partial charge is 0.330 e. The van der Waals surface area contributed by atoms with Crippen LogP contribution in [0.4, 0.5) is 0 Å². The molecular formula is C14H27N3. The van der Waals surface area contributed by atoms with Crippen LogP contribution in [0.1, 0.15) is 51.1 Å². The summed E-state index contributed by atoms with van der Waals surface area (Å²) in [6.07, 6.45) is 4.23. The van der Waals surface area contributed by atoms with Gasteiger partial charge >= 0.3 is 0 Å². The van der Waals surface area contributed by atoms with Crippen molar-refractivity contribution in [2.75, 3.05) is 6.54 Å². The highest BCUT2D eigenvalue weighted by Crippen LogP contribution is 2.18. The second-order valence-electron chi connectivity index (χ2n) is 4.81. The number of hydrogen-bond donors (Lipinski definition) is 1. The van der Waals surface area contributed by atoms with Crippen molar-refractivity contribution in [3.05, 3.63) is 17.0 Å². The lowest BCUT2D eigenvalue weighted by Crippen LogP contribution is -2.12. The minimum Gasteiger partial charge on any atom is -0.330 e. The van der Waals surface area contributed by atoms with Gasteiger partial charge in [-0.15, -0.1) is 0 Å². The van der Waals surface area contributed by atoms with E-state index in [0.29, 0.717) is 5.92 Å². The molecule has 0 aliphatic heterocycles. The lowest BCUT2D eigenvalue weighted by molar-refractivity contribution is 0.427. The van der Waals surface area contributed by atoms with Crippen LogP contribution in [0.25, 0.3) is 0 Å². The van der Waals surface area contributed by atoms with Gasteiger partial charge in [0.2, 0.25) is 0 Å². The molecular weight excluding hydrogens is 210 g/mol. The van der Waals surface area contributed by atoms with Gasteiger partial charge in [0.05, 0.1) is 5.69 Å². The van der Waals surface area contributed by atoms with Gasteiger partial charge in [0.15, 0.2) is 0 Å². The van der Waals surface area contributed by atoms with E-state index in [1.807, 2.05) is 0 Å². The van der Waals surface area contributed by atoms with E-state index in [1.54, 1.807) is 0 Å². The molecule has 2 N–H and O–H groups in total. The first-order valence-electron chi connectivity index (χ1n) is 6.95. The monoisotopic (exact) mass is 237 g/mol. The highest BCUT2D eigenvalue weighted by molar-refractivity contribution is 5.27. The Morgan fingerprint density at radius 2 is 1.94 bits per heavy atom. The quantitative estimate of drug-likeness (QED) is 0.792. The summed E-state index contributed by atoms with van der Waals surface area (Å²) < 4.78 is 2.22. The number of nitrogens with two attached hydrogens (primary N) is 1. The zero-order valence-electron chi connectivity index (χ0n) is 11.8. The lowest BCUT2D eigenvalue weighted by Gasteiger charge is -2.12. The summed E-state index contributed by atoms with van der Waals surface area (Å²) in [4.78, 5) is 0. The minimum atomic E-state index is 0.690. The first-order chi connectivity index (χ1) is 8.17. The van der Waals surface area contributed by atoms with Crippen LogP contribution in [0, 0.1) is 5.92 Å². The fourth-order valence-corrected chi connectivity index (χ4v) is 2.28. The molecule has 0 radical (unpaired) electrons. The van der Waals surface area contributed by atoms with Gasteiger partial charge in [0.25, 0.3) is 0 Å². The second-order valence-corrected chi connectivity index (χ2v) is 4.81. The Kier molecular flexibility index (Phi) is 5.69. The van der Waals surface area contributed by atoms with Gasteiger partial charge in [-0.3, -0.25) is 4.68 Å². The summed E-state index contributed by atoms with van der Waals surface area (Å²) in [5.74, 6) is 0.690. The fourth-order valence-electron chi connectivity index (χ4n) is 2.28. The van der Waals surface area contributed by atoms with Crippen LogP contribution >= 0.6 is 0 Å². The van der Waals surface area contributed by atoms with Crippen LogP contribution < -0.4 is 5.73 Å². The third kappa shape index (κ3) is 3.32. The maximum Gasteiger partial charge on any atom is 0.0657 e. The van der Waals surface area contributed by atoms with E-state index < -0.39 is 0 Å². The van der Waals surface area contributed by atoms with Gasteiger partial charge in [0, 0.05) is 12.2 Å². The van der Waals surface area contributed by atoms with Crippen molar-refractivity contribution < 1.29 is 0 Å². The third-order valence-electron chi connectivity index (χ3n) is 3.50. The van der Waals surface area contributed by atoms with Crippen LogP contribution in [-0.2, 0) is 25.8 Å². The summed E-state index contributed by atoms with van der Waals surface area (Å²) >= 11 is 0. The van der Waals surface area contributed by atoms with Crippen LogP contribution in [0.3, 0.4) is 0 Å². The molecule has 1 unspecified atom stereocenters. The van der Waals surface area contributed by atoms with E-state index >= 15 is 0 Å². The minimum absolute atomic E-state index is 0.690. The van der Waals surface area contributed by atoms with E-state index in [1.165, 1.54) is 23.4 Å². The standard InChI is InChI=1S/C14H27N3/c1-5-11(4)10-17-14(7-3)12(8-9-15)13(6-2)16-17/h11H,5-10,15H2,1-4H3. The van der Waals surface area contributed by atoms with Gasteiger partial charge in [-0.2, -0.15) is 5.10 Å². The zero-order valence-corrected chi connectivity index (χ0v) is 11.8. The number of aromatic nitrogens is 2. The van der Waals surface area contributed by atoms with Crippen molar-refractivity contribution in [3.8, 4) is 0 Å². The highest BCUT2D eigenvalue weighted by atomic mass is 15.3. The first kappa shape index (κ1) is 14.2. The maximum absolute atomic E-state index is 5.71. The van der Waals surface area contributed by atoms with Crippen molar-refractivity contribution >= 4 is 0 Å². The summed E-state index contributed by atoms with van der Waals surface area (Å²) in [6.45, 7) is 10.7. The summed E-state index contributed by atoms with van der Waals surface area (Å²) in [6, 6.07) is 0. The molecule has 0 aliphatic rings. The zero-order chi connectivity index (χ0) is 12.8. The second kappa shape index (κ2) is 6.80. The average Bonchev–Trinajstić information content (AvgIpc) is 2.66. The third-order valence-corrected chi connectivity index (χ3v) is 3.50. The molecule has 0 fully saturated rings. The maximum atomic E-state index is 5.71. The van der Waals surface area contributed by atoms with Gasteiger partial charge in [0.1, 0.15) is 0 Å². The highest BCUT2D eigenvalue weighted by Gasteiger charge is 2.15. The predicted molar refractivity (Wildman–Crippen MR) is 73.2 cm³/mol.